The number of fused-ring (bicyclic) bond motifs is 1. The van der Waals surface area contributed by atoms with E-state index in [-0.39, 0.29) is 0 Å². The molecule has 28 heavy (non-hydrogen) atoms. The summed E-state index contributed by atoms with van der Waals surface area (Å²) in [6.07, 6.45) is 0. The highest BCUT2D eigenvalue weighted by molar-refractivity contribution is 5.74. The SMILES string of the molecule is Cc1ccc(Cn2c(NCc3ccccc3)nc3c2c(=O)[nH]c(=O)n3C)cc1. The maximum absolute atomic E-state index is 12.5. The first-order chi connectivity index (χ1) is 13.5. The molecule has 2 N–H and O–H groups in total. The third-order valence-electron chi connectivity index (χ3n) is 4.76. The first-order valence-corrected chi connectivity index (χ1v) is 9.06. The number of anilines is 1. The van der Waals surface area contributed by atoms with Crippen molar-refractivity contribution in [3.8, 4) is 0 Å². The van der Waals surface area contributed by atoms with Crippen LogP contribution in [-0.4, -0.2) is 19.1 Å². The zero-order chi connectivity index (χ0) is 19.7. The number of imidazole rings is 1. The summed E-state index contributed by atoms with van der Waals surface area (Å²) in [7, 11) is 1.60. The molecule has 7 heteroatoms. The van der Waals surface area contributed by atoms with Gasteiger partial charge in [-0.25, -0.2) is 4.79 Å². The van der Waals surface area contributed by atoms with Crippen molar-refractivity contribution >= 4 is 17.1 Å². The van der Waals surface area contributed by atoms with Crippen LogP contribution in [0, 0.1) is 6.92 Å². The van der Waals surface area contributed by atoms with Crippen LogP contribution in [0.4, 0.5) is 5.95 Å². The molecule has 2 heterocycles. The molecular weight excluding hydrogens is 354 g/mol. The van der Waals surface area contributed by atoms with Gasteiger partial charge in [0, 0.05) is 13.6 Å². The molecule has 2 aromatic heterocycles. The van der Waals surface area contributed by atoms with Crippen molar-refractivity contribution in [2.24, 2.45) is 7.05 Å². The fourth-order valence-electron chi connectivity index (χ4n) is 3.18. The fraction of sp³-hybridized carbons (Fsp3) is 0.190. The molecule has 0 radical (unpaired) electrons. The Morgan fingerprint density at radius 2 is 1.71 bits per heavy atom. The molecular formula is C21H21N5O2. The summed E-state index contributed by atoms with van der Waals surface area (Å²) in [6.45, 7) is 3.06. The van der Waals surface area contributed by atoms with Crippen molar-refractivity contribution in [2.45, 2.75) is 20.0 Å². The molecule has 0 aliphatic heterocycles. The number of aromatic nitrogens is 4. The van der Waals surface area contributed by atoms with E-state index in [1.165, 1.54) is 10.1 Å². The summed E-state index contributed by atoms with van der Waals surface area (Å²) >= 11 is 0. The first kappa shape index (κ1) is 17.8. The Hall–Kier alpha value is -3.61. The minimum Gasteiger partial charge on any atom is -0.351 e. The van der Waals surface area contributed by atoms with Crippen molar-refractivity contribution < 1.29 is 0 Å². The highest BCUT2D eigenvalue weighted by Gasteiger charge is 2.17. The lowest BCUT2D eigenvalue weighted by Crippen LogP contribution is -2.29. The van der Waals surface area contributed by atoms with Crippen LogP contribution in [0.3, 0.4) is 0 Å². The average Bonchev–Trinajstić information content (AvgIpc) is 3.06. The van der Waals surface area contributed by atoms with Gasteiger partial charge in [0.1, 0.15) is 0 Å². The molecule has 0 bridgehead atoms. The molecule has 0 unspecified atom stereocenters. The van der Waals surface area contributed by atoms with Crippen LogP contribution in [0.15, 0.2) is 64.2 Å². The number of rotatable bonds is 5. The van der Waals surface area contributed by atoms with Gasteiger partial charge in [-0.15, -0.1) is 0 Å². The number of nitrogens with zero attached hydrogens (tertiary/aromatic N) is 3. The standard InChI is InChI=1S/C21H21N5O2/c1-14-8-10-16(11-9-14)13-26-17-18(25(2)21(28)24-19(17)27)23-20(26)22-12-15-6-4-3-5-7-15/h3-11H,12-13H2,1-2H3,(H,22,23)(H,24,27,28). The predicted octanol–water partition coefficient (Wildman–Crippen LogP) is 2.39. The zero-order valence-electron chi connectivity index (χ0n) is 15.8. The Kier molecular flexibility index (Phi) is 4.57. The summed E-state index contributed by atoms with van der Waals surface area (Å²) in [6, 6.07) is 18.1. The minimum absolute atomic E-state index is 0.358. The normalized spacial score (nSPS) is 11.1. The smallest absolute Gasteiger partial charge is 0.329 e. The lowest BCUT2D eigenvalue weighted by atomic mass is 10.1. The molecule has 0 aliphatic rings. The van der Waals surface area contributed by atoms with Crippen LogP contribution >= 0.6 is 0 Å². The Morgan fingerprint density at radius 3 is 2.43 bits per heavy atom. The van der Waals surface area contributed by atoms with E-state index in [0.717, 1.165) is 11.1 Å². The molecule has 0 amide bonds. The number of hydrogen-bond donors (Lipinski definition) is 2. The molecule has 7 nitrogen and oxygen atoms in total. The molecule has 4 rings (SSSR count). The number of hydrogen-bond acceptors (Lipinski definition) is 4. The molecule has 0 saturated heterocycles. The topological polar surface area (TPSA) is 84.7 Å². The average molecular weight is 375 g/mol. The maximum Gasteiger partial charge on any atom is 0.329 e. The quantitative estimate of drug-likeness (QED) is 0.561. The largest absolute Gasteiger partial charge is 0.351 e. The Balaban J connectivity index is 1.81. The van der Waals surface area contributed by atoms with Gasteiger partial charge in [0.05, 0.1) is 6.54 Å². The van der Waals surface area contributed by atoms with Crippen LogP contribution in [0.5, 0.6) is 0 Å². The van der Waals surface area contributed by atoms with E-state index in [1.807, 2.05) is 66.1 Å². The second-order valence-electron chi connectivity index (χ2n) is 6.84. The van der Waals surface area contributed by atoms with Gasteiger partial charge in [-0.05, 0) is 18.1 Å². The molecule has 0 atom stereocenters. The Bertz CT molecular complexity index is 1230. The Morgan fingerprint density at radius 1 is 1.00 bits per heavy atom. The van der Waals surface area contributed by atoms with E-state index < -0.39 is 11.2 Å². The van der Waals surface area contributed by atoms with Gasteiger partial charge in [0.25, 0.3) is 5.56 Å². The second-order valence-corrected chi connectivity index (χ2v) is 6.84. The van der Waals surface area contributed by atoms with E-state index in [0.29, 0.717) is 30.2 Å². The fourth-order valence-corrected chi connectivity index (χ4v) is 3.18. The third-order valence-corrected chi connectivity index (χ3v) is 4.76. The van der Waals surface area contributed by atoms with E-state index >= 15 is 0 Å². The zero-order valence-corrected chi connectivity index (χ0v) is 15.8. The summed E-state index contributed by atoms with van der Waals surface area (Å²) < 4.78 is 3.18. The molecule has 0 spiro atoms. The van der Waals surface area contributed by atoms with E-state index in [1.54, 1.807) is 7.05 Å². The maximum atomic E-state index is 12.5. The highest BCUT2D eigenvalue weighted by atomic mass is 16.2. The highest BCUT2D eigenvalue weighted by Crippen LogP contribution is 2.18. The molecule has 2 aromatic carbocycles. The van der Waals surface area contributed by atoms with Gasteiger partial charge in [-0.3, -0.25) is 18.9 Å². The third kappa shape index (κ3) is 3.34. The number of aromatic amines is 1. The monoisotopic (exact) mass is 375 g/mol. The van der Waals surface area contributed by atoms with Gasteiger partial charge < -0.3 is 5.32 Å². The van der Waals surface area contributed by atoms with Crippen molar-refractivity contribution in [1.82, 2.24) is 19.1 Å². The van der Waals surface area contributed by atoms with Crippen LogP contribution in [0.25, 0.3) is 11.2 Å². The first-order valence-electron chi connectivity index (χ1n) is 9.06. The summed E-state index contributed by atoms with van der Waals surface area (Å²) in [4.78, 5) is 31.5. The summed E-state index contributed by atoms with van der Waals surface area (Å²) in [5.74, 6) is 0.547. The predicted molar refractivity (Wildman–Crippen MR) is 110 cm³/mol. The second kappa shape index (κ2) is 7.19. The van der Waals surface area contributed by atoms with Gasteiger partial charge in [0.15, 0.2) is 11.2 Å². The number of aryl methyl sites for hydroxylation is 2. The summed E-state index contributed by atoms with van der Waals surface area (Å²) in [5, 5.41) is 3.31. The molecule has 142 valence electrons. The van der Waals surface area contributed by atoms with Crippen molar-refractivity contribution in [3.05, 3.63) is 92.1 Å². The Labute approximate surface area is 161 Å². The van der Waals surface area contributed by atoms with Gasteiger partial charge >= 0.3 is 5.69 Å². The van der Waals surface area contributed by atoms with Crippen LogP contribution in [0.2, 0.25) is 0 Å². The number of H-pyrrole nitrogens is 1. The lowest BCUT2D eigenvalue weighted by molar-refractivity contribution is 0.806. The molecule has 0 saturated carbocycles. The van der Waals surface area contributed by atoms with Crippen LogP contribution in [0.1, 0.15) is 16.7 Å². The lowest BCUT2D eigenvalue weighted by Gasteiger charge is -2.11. The number of nitrogens with one attached hydrogen (secondary N) is 2. The van der Waals surface area contributed by atoms with E-state index in [4.69, 9.17) is 0 Å². The van der Waals surface area contributed by atoms with Crippen molar-refractivity contribution in [1.29, 1.82) is 0 Å². The molecule has 0 fully saturated rings. The minimum atomic E-state index is -0.480. The summed E-state index contributed by atoms with van der Waals surface area (Å²) in [5.41, 5.74) is 3.12. The van der Waals surface area contributed by atoms with Gasteiger partial charge in [-0.1, -0.05) is 60.2 Å². The van der Waals surface area contributed by atoms with Crippen LogP contribution in [-0.2, 0) is 20.1 Å². The van der Waals surface area contributed by atoms with E-state index in [9.17, 15) is 9.59 Å². The van der Waals surface area contributed by atoms with Crippen LogP contribution < -0.4 is 16.6 Å². The number of benzene rings is 2. The van der Waals surface area contributed by atoms with E-state index in [2.05, 4.69) is 15.3 Å². The van der Waals surface area contributed by atoms with Crippen molar-refractivity contribution in [3.63, 3.8) is 0 Å². The molecule has 4 aromatic rings. The van der Waals surface area contributed by atoms with Gasteiger partial charge in [0.2, 0.25) is 5.95 Å². The van der Waals surface area contributed by atoms with Gasteiger partial charge in [-0.2, -0.15) is 4.98 Å². The van der Waals surface area contributed by atoms with Crippen molar-refractivity contribution in [2.75, 3.05) is 5.32 Å². The molecule has 0 aliphatic carbocycles.